The summed E-state index contributed by atoms with van der Waals surface area (Å²) in [5, 5.41) is 0. The molecule has 0 spiro atoms. The van der Waals surface area contributed by atoms with E-state index in [1.165, 1.54) is 6.07 Å². The maximum Gasteiger partial charge on any atom is 0.168 e. The van der Waals surface area contributed by atoms with Crippen LogP contribution >= 0.6 is 0 Å². The van der Waals surface area contributed by atoms with Gasteiger partial charge < -0.3 is 14.2 Å². The van der Waals surface area contributed by atoms with E-state index >= 15 is 4.39 Å². The maximum absolute atomic E-state index is 15.3. The molecule has 2 unspecified atom stereocenters. The van der Waals surface area contributed by atoms with Gasteiger partial charge in [0.2, 0.25) is 0 Å². The van der Waals surface area contributed by atoms with Gasteiger partial charge in [-0.05, 0) is 88.7 Å². The lowest BCUT2D eigenvalue weighted by Gasteiger charge is -2.32. The van der Waals surface area contributed by atoms with Crippen LogP contribution in [0.15, 0.2) is 48.5 Å². The first-order valence-corrected chi connectivity index (χ1v) is 12.6. The fraction of sp³-hybridized carbons (Fsp3) is 0.419. The number of fused-ring (bicyclic) bond motifs is 1. The highest BCUT2D eigenvalue weighted by molar-refractivity contribution is 5.70. The number of hydrogen-bond donors (Lipinski definition) is 0. The Morgan fingerprint density at radius 1 is 0.972 bits per heavy atom. The molecule has 0 aromatic heterocycles. The van der Waals surface area contributed by atoms with Crippen LogP contribution in [0.3, 0.4) is 0 Å². The Balaban J connectivity index is 1.71. The Hall–Kier alpha value is -2.92. The van der Waals surface area contributed by atoms with Gasteiger partial charge in [0.05, 0.1) is 13.2 Å². The average Bonchev–Trinajstić information content (AvgIpc) is 3.28. The Morgan fingerprint density at radius 2 is 1.75 bits per heavy atom. The number of methoxy groups -OCH3 is 2. The first-order chi connectivity index (χ1) is 17.2. The monoisotopic (exact) mass is 494 g/mol. The van der Waals surface area contributed by atoms with Crippen molar-refractivity contribution in [3.05, 3.63) is 82.4 Å². The van der Waals surface area contributed by atoms with Crippen molar-refractivity contribution in [1.82, 2.24) is 0 Å². The van der Waals surface area contributed by atoms with E-state index in [9.17, 15) is 4.39 Å². The van der Waals surface area contributed by atoms with E-state index in [1.807, 2.05) is 24.3 Å². The minimum absolute atomic E-state index is 0.195. The van der Waals surface area contributed by atoms with E-state index < -0.39 is 0 Å². The van der Waals surface area contributed by atoms with Gasteiger partial charge in [0, 0.05) is 12.7 Å². The van der Waals surface area contributed by atoms with Crippen LogP contribution in [-0.4, -0.2) is 14.2 Å². The van der Waals surface area contributed by atoms with Crippen molar-refractivity contribution in [2.24, 2.45) is 5.41 Å². The van der Waals surface area contributed by atoms with Gasteiger partial charge in [0.1, 0.15) is 18.2 Å². The second kappa shape index (κ2) is 10.6. The number of halogens is 2. The van der Waals surface area contributed by atoms with Gasteiger partial charge in [0.25, 0.3) is 0 Å². The molecule has 0 bridgehead atoms. The van der Waals surface area contributed by atoms with Crippen LogP contribution in [0.5, 0.6) is 11.5 Å². The van der Waals surface area contributed by atoms with E-state index in [4.69, 9.17) is 14.2 Å². The van der Waals surface area contributed by atoms with Crippen molar-refractivity contribution in [3.8, 4) is 22.6 Å². The molecule has 0 radical (unpaired) electrons. The summed E-state index contributed by atoms with van der Waals surface area (Å²) < 4.78 is 47.5. The van der Waals surface area contributed by atoms with Gasteiger partial charge in [-0.15, -0.1) is 0 Å². The van der Waals surface area contributed by atoms with Gasteiger partial charge >= 0.3 is 0 Å². The molecule has 0 aliphatic heterocycles. The molecule has 1 aliphatic carbocycles. The summed E-state index contributed by atoms with van der Waals surface area (Å²) in [6.07, 6.45) is 2.52. The van der Waals surface area contributed by atoms with Crippen molar-refractivity contribution in [1.29, 1.82) is 0 Å². The molecule has 0 heterocycles. The van der Waals surface area contributed by atoms with E-state index in [2.05, 4.69) is 27.7 Å². The lowest BCUT2D eigenvalue weighted by atomic mass is 9.81. The number of hydrogen-bond acceptors (Lipinski definition) is 3. The number of aryl methyl sites for hydroxylation is 1. The second-order valence-electron chi connectivity index (χ2n) is 10.6. The molecular formula is C31H36F2O3. The lowest BCUT2D eigenvalue weighted by Crippen LogP contribution is -2.21. The molecule has 1 aliphatic rings. The molecule has 36 heavy (non-hydrogen) atoms. The van der Waals surface area contributed by atoms with Crippen LogP contribution in [0.2, 0.25) is 0 Å². The van der Waals surface area contributed by atoms with E-state index in [0.29, 0.717) is 11.3 Å². The number of ether oxygens (including phenoxy) is 3. The largest absolute Gasteiger partial charge is 0.497 e. The summed E-state index contributed by atoms with van der Waals surface area (Å²) in [6, 6.07) is 14.2. The maximum atomic E-state index is 15.3. The van der Waals surface area contributed by atoms with Gasteiger partial charge in [0.15, 0.2) is 11.6 Å². The van der Waals surface area contributed by atoms with Crippen LogP contribution in [-0.2, 0) is 17.8 Å². The third kappa shape index (κ3) is 5.12. The predicted octanol–water partition coefficient (Wildman–Crippen LogP) is 8.39. The minimum Gasteiger partial charge on any atom is -0.497 e. The van der Waals surface area contributed by atoms with Crippen LogP contribution in [0.1, 0.15) is 74.8 Å². The molecule has 0 saturated carbocycles. The Labute approximate surface area is 213 Å². The third-order valence-electron chi connectivity index (χ3n) is 7.18. The fourth-order valence-electron chi connectivity index (χ4n) is 5.38. The summed E-state index contributed by atoms with van der Waals surface area (Å²) in [5.41, 5.74) is 4.52. The topological polar surface area (TPSA) is 27.7 Å². The minimum atomic E-state index is -0.337. The zero-order valence-corrected chi connectivity index (χ0v) is 22.1. The summed E-state index contributed by atoms with van der Waals surface area (Å²) in [4.78, 5) is 0. The molecule has 0 N–H and O–H groups in total. The van der Waals surface area contributed by atoms with Gasteiger partial charge in [-0.3, -0.25) is 0 Å². The third-order valence-corrected chi connectivity index (χ3v) is 7.18. The zero-order valence-electron chi connectivity index (χ0n) is 22.1. The van der Waals surface area contributed by atoms with Gasteiger partial charge in [-0.2, -0.15) is 0 Å². The smallest absolute Gasteiger partial charge is 0.168 e. The van der Waals surface area contributed by atoms with Crippen molar-refractivity contribution >= 4 is 0 Å². The molecule has 0 saturated heterocycles. The Kier molecular flexibility index (Phi) is 7.70. The lowest BCUT2D eigenvalue weighted by molar-refractivity contribution is 0.0155. The molecule has 5 heteroatoms. The molecule has 3 aromatic carbocycles. The van der Waals surface area contributed by atoms with E-state index in [0.717, 1.165) is 47.1 Å². The summed E-state index contributed by atoms with van der Waals surface area (Å²) in [5.74, 6) is 0.526. The highest BCUT2D eigenvalue weighted by atomic mass is 19.1. The normalized spacial score (nSPS) is 16.1. The standard InChI is InChI=1S/C31H36F2O3/c1-7-20-9-10-21-11-15-27(29(33)28(20)21)36-18-19-8-13-23(24-17-22(34-5)12-14-26(24)32)25(16-19)30(35-6)31(2,3)4/h8,11-17,20,30H,7,9-10,18H2,1-6H3. The van der Waals surface area contributed by atoms with Crippen LogP contribution < -0.4 is 9.47 Å². The second-order valence-corrected chi connectivity index (χ2v) is 10.6. The number of rotatable bonds is 8. The first kappa shape index (κ1) is 26.2. The predicted molar refractivity (Wildman–Crippen MR) is 140 cm³/mol. The summed E-state index contributed by atoms with van der Waals surface area (Å²) in [6.45, 7) is 8.55. The first-order valence-electron chi connectivity index (χ1n) is 12.6. The van der Waals surface area contributed by atoms with Crippen molar-refractivity contribution in [3.63, 3.8) is 0 Å². The molecule has 3 nitrogen and oxygen atoms in total. The molecule has 192 valence electrons. The zero-order chi connectivity index (χ0) is 26.0. The summed E-state index contributed by atoms with van der Waals surface area (Å²) in [7, 11) is 3.22. The summed E-state index contributed by atoms with van der Waals surface area (Å²) >= 11 is 0. The van der Waals surface area contributed by atoms with Crippen LogP contribution in [0, 0.1) is 17.0 Å². The SMILES string of the molecule is CCC1CCc2ccc(OCc3ccc(-c4cc(OC)ccc4F)c(C(OC)C(C)(C)C)c3)c(F)c21. The quantitative estimate of drug-likeness (QED) is 0.315. The van der Waals surface area contributed by atoms with Crippen molar-refractivity contribution in [2.75, 3.05) is 14.2 Å². The van der Waals surface area contributed by atoms with Gasteiger partial charge in [-0.1, -0.05) is 45.9 Å². The van der Waals surface area contributed by atoms with E-state index in [-0.39, 0.29) is 41.4 Å². The van der Waals surface area contributed by atoms with E-state index in [1.54, 1.807) is 32.4 Å². The molecule has 4 rings (SSSR count). The highest BCUT2D eigenvalue weighted by Crippen LogP contribution is 2.43. The average molecular weight is 495 g/mol. The van der Waals surface area contributed by atoms with Crippen LogP contribution in [0.4, 0.5) is 8.78 Å². The van der Waals surface area contributed by atoms with Gasteiger partial charge in [-0.25, -0.2) is 8.78 Å². The fourth-order valence-corrected chi connectivity index (χ4v) is 5.38. The molecular weight excluding hydrogens is 458 g/mol. The van der Waals surface area contributed by atoms with Crippen molar-refractivity contribution < 1.29 is 23.0 Å². The van der Waals surface area contributed by atoms with Crippen LogP contribution in [0.25, 0.3) is 11.1 Å². The molecule has 3 aromatic rings. The number of benzene rings is 3. The molecule has 0 fully saturated rings. The Morgan fingerprint density at radius 3 is 2.42 bits per heavy atom. The van der Waals surface area contributed by atoms with Crippen molar-refractivity contribution in [2.45, 2.75) is 65.6 Å². The molecule has 2 atom stereocenters. The Bertz CT molecular complexity index is 1230. The molecule has 0 amide bonds. The highest BCUT2D eigenvalue weighted by Gasteiger charge is 2.30.